The van der Waals surface area contributed by atoms with Gasteiger partial charge in [-0.25, -0.2) is 4.79 Å². The SMILES string of the molecule is COc1ccc(COC(=O)N=C(N)N)cc1C(F)(F)F. The van der Waals surface area contributed by atoms with Crippen LogP contribution in [0.25, 0.3) is 0 Å². The van der Waals surface area contributed by atoms with E-state index in [0.29, 0.717) is 0 Å². The first kappa shape index (κ1) is 15.6. The molecule has 0 spiro atoms. The van der Waals surface area contributed by atoms with E-state index in [9.17, 15) is 18.0 Å². The molecule has 0 radical (unpaired) electrons. The third-order valence-electron chi connectivity index (χ3n) is 2.15. The smallest absolute Gasteiger partial charge is 0.437 e. The number of alkyl halides is 3. The molecule has 6 nitrogen and oxygen atoms in total. The van der Waals surface area contributed by atoms with Gasteiger partial charge in [-0.1, -0.05) is 6.07 Å². The molecule has 0 heterocycles. The van der Waals surface area contributed by atoms with Gasteiger partial charge >= 0.3 is 12.3 Å². The van der Waals surface area contributed by atoms with Gasteiger partial charge in [-0.2, -0.15) is 13.2 Å². The van der Waals surface area contributed by atoms with Crippen LogP contribution in [0.4, 0.5) is 18.0 Å². The molecule has 0 unspecified atom stereocenters. The van der Waals surface area contributed by atoms with E-state index in [-0.39, 0.29) is 11.3 Å². The number of nitrogens with zero attached hydrogens (tertiary/aromatic N) is 1. The summed E-state index contributed by atoms with van der Waals surface area (Å²) in [4.78, 5) is 14.1. The van der Waals surface area contributed by atoms with Crippen molar-refractivity contribution in [2.24, 2.45) is 16.5 Å². The Morgan fingerprint density at radius 3 is 2.50 bits per heavy atom. The molecule has 9 heteroatoms. The minimum atomic E-state index is -4.58. The number of ether oxygens (including phenoxy) is 2. The molecule has 20 heavy (non-hydrogen) atoms. The lowest BCUT2D eigenvalue weighted by atomic mass is 10.1. The number of halogens is 3. The van der Waals surface area contributed by atoms with Crippen LogP contribution in [0.2, 0.25) is 0 Å². The number of carbonyl (C=O) groups excluding carboxylic acids is 1. The molecule has 0 aliphatic rings. The first-order valence-corrected chi connectivity index (χ1v) is 5.24. The van der Waals surface area contributed by atoms with E-state index >= 15 is 0 Å². The third-order valence-corrected chi connectivity index (χ3v) is 2.15. The maximum atomic E-state index is 12.7. The van der Waals surface area contributed by atoms with Gasteiger partial charge in [0.05, 0.1) is 12.7 Å². The second kappa shape index (κ2) is 6.13. The Labute approximate surface area is 112 Å². The Morgan fingerprint density at radius 1 is 1.35 bits per heavy atom. The van der Waals surface area contributed by atoms with E-state index in [1.807, 2.05) is 0 Å². The summed E-state index contributed by atoms with van der Waals surface area (Å²) < 4.78 is 47.4. The van der Waals surface area contributed by atoms with Gasteiger partial charge in [0.2, 0.25) is 0 Å². The van der Waals surface area contributed by atoms with E-state index in [4.69, 9.17) is 11.5 Å². The van der Waals surface area contributed by atoms with Gasteiger partial charge in [0.1, 0.15) is 12.4 Å². The van der Waals surface area contributed by atoms with Crippen LogP contribution in [0.1, 0.15) is 11.1 Å². The summed E-state index contributed by atoms with van der Waals surface area (Å²) in [6, 6.07) is 3.28. The number of rotatable bonds is 3. The van der Waals surface area contributed by atoms with Crippen LogP contribution in [0.5, 0.6) is 5.75 Å². The van der Waals surface area contributed by atoms with Crippen molar-refractivity contribution < 1.29 is 27.4 Å². The van der Waals surface area contributed by atoms with Crippen LogP contribution >= 0.6 is 0 Å². The van der Waals surface area contributed by atoms with Gasteiger partial charge in [-0.15, -0.1) is 4.99 Å². The number of methoxy groups -OCH3 is 1. The third kappa shape index (κ3) is 4.34. The lowest BCUT2D eigenvalue weighted by Gasteiger charge is -2.13. The average molecular weight is 291 g/mol. The lowest BCUT2D eigenvalue weighted by molar-refractivity contribution is -0.138. The summed E-state index contributed by atoms with van der Waals surface area (Å²) in [5.74, 6) is -0.822. The molecule has 1 aromatic carbocycles. The molecule has 1 aromatic rings. The number of carbonyl (C=O) groups is 1. The zero-order valence-electron chi connectivity index (χ0n) is 10.4. The molecule has 0 aromatic heterocycles. The lowest BCUT2D eigenvalue weighted by Crippen LogP contribution is -2.24. The predicted octanol–water partition coefficient (Wildman–Crippen LogP) is 1.62. The van der Waals surface area contributed by atoms with Crippen molar-refractivity contribution in [2.75, 3.05) is 7.11 Å². The maximum absolute atomic E-state index is 12.7. The summed E-state index contributed by atoms with van der Waals surface area (Å²) in [7, 11) is 1.13. The summed E-state index contributed by atoms with van der Waals surface area (Å²) in [6.45, 7) is -0.400. The highest BCUT2D eigenvalue weighted by Gasteiger charge is 2.34. The zero-order chi connectivity index (χ0) is 15.3. The van der Waals surface area contributed by atoms with Crippen molar-refractivity contribution in [1.29, 1.82) is 0 Å². The minimum absolute atomic E-state index is 0.122. The number of guanidine groups is 1. The van der Waals surface area contributed by atoms with Gasteiger partial charge in [0.25, 0.3) is 0 Å². The first-order valence-electron chi connectivity index (χ1n) is 5.24. The number of benzene rings is 1. The number of aliphatic imine (C=N–C) groups is 1. The van der Waals surface area contributed by atoms with Crippen LogP contribution < -0.4 is 16.2 Å². The van der Waals surface area contributed by atoms with Crippen molar-refractivity contribution in [3.8, 4) is 5.75 Å². The van der Waals surface area contributed by atoms with E-state index in [0.717, 1.165) is 19.2 Å². The zero-order valence-corrected chi connectivity index (χ0v) is 10.4. The summed E-state index contributed by atoms with van der Waals surface area (Å²) in [5.41, 5.74) is 9.05. The largest absolute Gasteiger partial charge is 0.496 e. The molecule has 0 saturated heterocycles. The molecule has 0 bridgehead atoms. The van der Waals surface area contributed by atoms with E-state index in [1.165, 1.54) is 6.07 Å². The van der Waals surface area contributed by atoms with Crippen molar-refractivity contribution in [1.82, 2.24) is 0 Å². The van der Waals surface area contributed by atoms with Gasteiger partial charge in [0, 0.05) is 0 Å². The van der Waals surface area contributed by atoms with Gasteiger partial charge in [-0.05, 0) is 17.7 Å². The molecule has 1 amide bonds. The van der Waals surface area contributed by atoms with Crippen molar-refractivity contribution in [3.05, 3.63) is 29.3 Å². The van der Waals surface area contributed by atoms with Crippen LogP contribution in [0.3, 0.4) is 0 Å². The summed E-state index contributed by atoms with van der Waals surface area (Å²) in [6.07, 6.45) is -5.67. The fraction of sp³-hybridized carbons (Fsp3) is 0.273. The highest BCUT2D eigenvalue weighted by Crippen LogP contribution is 2.36. The van der Waals surface area contributed by atoms with Crippen LogP contribution in [0, 0.1) is 0 Å². The fourth-order valence-electron chi connectivity index (χ4n) is 1.35. The van der Waals surface area contributed by atoms with Crippen molar-refractivity contribution in [2.45, 2.75) is 12.8 Å². The fourth-order valence-corrected chi connectivity index (χ4v) is 1.35. The Balaban J connectivity index is 2.88. The normalized spacial score (nSPS) is 10.8. The van der Waals surface area contributed by atoms with Crippen LogP contribution in [-0.4, -0.2) is 19.2 Å². The number of hydrogen-bond acceptors (Lipinski definition) is 3. The predicted molar refractivity (Wildman–Crippen MR) is 64.0 cm³/mol. The second-order valence-electron chi connectivity index (χ2n) is 3.62. The summed E-state index contributed by atoms with van der Waals surface area (Å²) >= 11 is 0. The molecule has 0 atom stereocenters. The molecule has 0 aliphatic carbocycles. The second-order valence-corrected chi connectivity index (χ2v) is 3.62. The monoisotopic (exact) mass is 291 g/mol. The molecule has 110 valence electrons. The molecule has 4 N–H and O–H groups in total. The number of hydrogen-bond donors (Lipinski definition) is 2. The Kier molecular flexibility index (Phi) is 4.78. The summed E-state index contributed by atoms with van der Waals surface area (Å²) in [5, 5.41) is 0. The maximum Gasteiger partial charge on any atom is 0.437 e. The molecule has 0 saturated carbocycles. The Morgan fingerprint density at radius 2 is 2.00 bits per heavy atom. The quantitative estimate of drug-likeness (QED) is 0.651. The molecule has 0 aliphatic heterocycles. The topological polar surface area (TPSA) is 99.9 Å². The Hall–Kier alpha value is -2.45. The highest BCUT2D eigenvalue weighted by atomic mass is 19.4. The van der Waals surface area contributed by atoms with Gasteiger partial charge < -0.3 is 20.9 Å². The molecular formula is C11H12F3N3O3. The van der Waals surface area contributed by atoms with E-state index in [1.54, 1.807) is 0 Å². The average Bonchev–Trinajstić information content (AvgIpc) is 2.34. The van der Waals surface area contributed by atoms with Gasteiger partial charge in [0.15, 0.2) is 5.96 Å². The standard InChI is InChI=1S/C11H12F3N3O3/c1-19-8-3-2-6(4-7(8)11(12,13)14)5-20-10(18)17-9(15)16/h2-4H,5H2,1H3,(H4,15,16,17,18). The number of nitrogens with two attached hydrogens (primary N) is 2. The molecule has 1 rings (SSSR count). The van der Waals surface area contributed by atoms with E-state index < -0.39 is 30.4 Å². The number of amides is 1. The molecular weight excluding hydrogens is 279 g/mol. The van der Waals surface area contributed by atoms with Crippen molar-refractivity contribution in [3.63, 3.8) is 0 Å². The van der Waals surface area contributed by atoms with Gasteiger partial charge in [-0.3, -0.25) is 0 Å². The van der Waals surface area contributed by atoms with Crippen LogP contribution in [-0.2, 0) is 17.5 Å². The minimum Gasteiger partial charge on any atom is -0.496 e. The van der Waals surface area contributed by atoms with Crippen molar-refractivity contribution >= 4 is 12.1 Å². The van der Waals surface area contributed by atoms with E-state index in [2.05, 4.69) is 14.5 Å². The Bertz CT molecular complexity index is 525. The first-order chi connectivity index (χ1) is 9.24. The van der Waals surface area contributed by atoms with Crippen LogP contribution in [0.15, 0.2) is 23.2 Å². The highest BCUT2D eigenvalue weighted by molar-refractivity contribution is 5.87. The molecule has 0 fully saturated rings.